The summed E-state index contributed by atoms with van der Waals surface area (Å²) in [5.41, 5.74) is 2.62. The highest BCUT2D eigenvalue weighted by molar-refractivity contribution is 5.73. The van der Waals surface area contributed by atoms with Crippen LogP contribution in [0.5, 0.6) is 0 Å². The average molecular weight is 479 g/mol. The maximum Gasteiger partial charge on any atom is 0.416 e. The molecule has 8 heteroatoms. The minimum Gasteiger partial charge on any atom is -0.460 e. The molecule has 2 unspecified atom stereocenters. The number of aliphatic hydroxyl groups excluding tert-OH is 1. The van der Waals surface area contributed by atoms with Gasteiger partial charge in [-0.3, -0.25) is 4.79 Å². The van der Waals surface area contributed by atoms with Crippen LogP contribution in [0.15, 0.2) is 53.5 Å². The lowest BCUT2D eigenvalue weighted by Crippen LogP contribution is -2.33. The zero-order valence-electron chi connectivity index (χ0n) is 20.1. The number of esters is 1. The second-order valence-electron chi connectivity index (χ2n) is 9.88. The van der Waals surface area contributed by atoms with E-state index in [-0.39, 0.29) is 24.4 Å². The number of benzene rings is 1. The van der Waals surface area contributed by atoms with Gasteiger partial charge in [-0.2, -0.15) is 13.2 Å². The first-order valence-electron chi connectivity index (χ1n) is 11.6. The van der Waals surface area contributed by atoms with Gasteiger partial charge < -0.3 is 20.5 Å². The second kappa shape index (κ2) is 10.3. The van der Waals surface area contributed by atoms with Gasteiger partial charge in [-0.05, 0) is 64.2 Å². The van der Waals surface area contributed by atoms with Gasteiger partial charge in [-0.15, -0.1) is 0 Å². The van der Waals surface area contributed by atoms with Crippen LogP contribution in [0.1, 0.15) is 64.5 Å². The zero-order valence-corrected chi connectivity index (χ0v) is 20.1. The van der Waals surface area contributed by atoms with Crippen LogP contribution >= 0.6 is 0 Å². The molecule has 1 aliphatic heterocycles. The number of hydrogen-bond donors (Lipinski definition) is 3. The Morgan fingerprint density at radius 1 is 1.15 bits per heavy atom. The smallest absolute Gasteiger partial charge is 0.416 e. The largest absolute Gasteiger partial charge is 0.460 e. The van der Waals surface area contributed by atoms with E-state index in [0.717, 1.165) is 29.2 Å². The predicted molar refractivity (Wildman–Crippen MR) is 125 cm³/mol. The number of aliphatic hydroxyl groups is 1. The molecule has 0 saturated carbocycles. The van der Waals surface area contributed by atoms with Crippen LogP contribution < -0.4 is 10.6 Å². The van der Waals surface area contributed by atoms with E-state index in [9.17, 15) is 23.1 Å². The third-order valence-corrected chi connectivity index (χ3v) is 5.77. The average Bonchev–Trinajstić information content (AvgIpc) is 2.76. The van der Waals surface area contributed by atoms with Crippen molar-refractivity contribution < 1.29 is 27.8 Å². The number of carbonyl (C=O) groups is 1. The van der Waals surface area contributed by atoms with E-state index < -0.39 is 17.3 Å². The fraction of sp³-hybridized carbons (Fsp3) is 0.500. The van der Waals surface area contributed by atoms with E-state index in [0.29, 0.717) is 36.9 Å². The Kier molecular flexibility index (Phi) is 7.81. The fourth-order valence-electron chi connectivity index (χ4n) is 3.93. The summed E-state index contributed by atoms with van der Waals surface area (Å²) < 4.78 is 44.5. The van der Waals surface area contributed by atoms with Crippen molar-refractivity contribution in [1.29, 1.82) is 0 Å². The molecule has 1 aliphatic carbocycles. The molecule has 186 valence electrons. The van der Waals surface area contributed by atoms with Crippen molar-refractivity contribution in [3.63, 3.8) is 0 Å². The van der Waals surface area contributed by atoms with Crippen LogP contribution in [0, 0.1) is 11.8 Å². The van der Waals surface area contributed by atoms with Gasteiger partial charge in [0.25, 0.3) is 0 Å². The Bertz CT molecular complexity index is 986. The van der Waals surface area contributed by atoms with Crippen molar-refractivity contribution >= 4 is 11.7 Å². The van der Waals surface area contributed by atoms with Gasteiger partial charge in [-0.25, -0.2) is 0 Å². The quantitative estimate of drug-likeness (QED) is 0.452. The normalized spacial score (nSPS) is 19.4. The standard InChI is InChI=1S/C26H33F3N2O3/c1-16(24(33)34-25(2,3)4)6-5-7-21-23(18-9-11-19(12-10-18)26(27,28)29)31-20-13-8-17(15-32)14-22(20)30-21/h9-14,16-17,30-32H,5-8,15H2,1-4H3. The number of allylic oxidation sites excluding steroid dienone is 2. The Morgan fingerprint density at radius 3 is 2.41 bits per heavy atom. The Hall–Kier alpha value is -2.74. The Morgan fingerprint density at radius 2 is 1.82 bits per heavy atom. The molecule has 0 fully saturated rings. The van der Waals surface area contributed by atoms with Crippen molar-refractivity contribution in [3.05, 3.63) is 64.6 Å². The molecule has 3 rings (SSSR count). The van der Waals surface area contributed by atoms with Gasteiger partial charge >= 0.3 is 12.1 Å². The zero-order chi connectivity index (χ0) is 25.1. The number of nitrogens with one attached hydrogen (secondary N) is 2. The maximum atomic E-state index is 13.0. The first kappa shape index (κ1) is 25.9. The molecule has 0 radical (unpaired) electrons. The van der Waals surface area contributed by atoms with Gasteiger partial charge in [0.2, 0.25) is 0 Å². The molecule has 0 aromatic heterocycles. The summed E-state index contributed by atoms with van der Waals surface area (Å²) in [4.78, 5) is 12.3. The van der Waals surface area contributed by atoms with Gasteiger partial charge in [0.05, 0.1) is 28.6 Å². The number of ether oxygens (including phenoxy) is 1. The summed E-state index contributed by atoms with van der Waals surface area (Å²) in [5.74, 6) is -0.506. The molecular formula is C26H33F3N2O3. The molecular weight excluding hydrogens is 445 g/mol. The maximum absolute atomic E-state index is 13.0. The SMILES string of the molecule is CC(CCCC1=C(c2ccc(C(F)(F)F)cc2)NC2=CCC(CO)C=C2N1)C(=O)OC(C)(C)C. The summed E-state index contributed by atoms with van der Waals surface area (Å²) in [6, 6.07) is 5.08. The molecule has 1 heterocycles. The predicted octanol–water partition coefficient (Wildman–Crippen LogP) is 5.49. The van der Waals surface area contributed by atoms with E-state index >= 15 is 0 Å². The number of halogens is 3. The van der Waals surface area contributed by atoms with E-state index in [1.165, 1.54) is 12.1 Å². The van der Waals surface area contributed by atoms with Gasteiger partial charge in [-0.1, -0.05) is 31.2 Å². The summed E-state index contributed by atoms with van der Waals surface area (Å²) in [6.07, 6.45) is 2.11. The highest BCUT2D eigenvalue weighted by Gasteiger charge is 2.31. The molecule has 1 aromatic carbocycles. The third-order valence-electron chi connectivity index (χ3n) is 5.77. The van der Waals surface area contributed by atoms with Crippen LogP contribution in [-0.4, -0.2) is 23.3 Å². The number of hydrogen-bond acceptors (Lipinski definition) is 5. The van der Waals surface area contributed by atoms with Crippen LogP contribution in [0.4, 0.5) is 13.2 Å². The van der Waals surface area contributed by atoms with Gasteiger partial charge in [0.1, 0.15) is 5.60 Å². The number of carbonyl (C=O) groups excluding carboxylic acids is 1. The highest BCUT2D eigenvalue weighted by Crippen LogP contribution is 2.33. The van der Waals surface area contributed by atoms with Crippen LogP contribution in [0.3, 0.4) is 0 Å². The van der Waals surface area contributed by atoms with Gasteiger partial charge in [0.15, 0.2) is 0 Å². The monoisotopic (exact) mass is 478 g/mol. The lowest BCUT2D eigenvalue weighted by molar-refractivity contribution is -0.159. The number of fused-ring (bicyclic) bond motifs is 1. The molecule has 0 bridgehead atoms. The summed E-state index contributed by atoms with van der Waals surface area (Å²) in [5, 5.41) is 16.3. The fourth-order valence-corrected chi connectivity index (χ4v) is 3.93. The summed E-state index contributed by atoms with van der Waals surface area (Å²) in [7, 11) is 0. The molecule has 5 nitrogen and oxygen atoms in total. The first-order valence-corrected chi connectivity index (χ1v) is 11.6. The second-order valence-corrected chi connectivity index (χ2v) is 9.88. The van der Waals surface area contributed by atoms with E-state index in [1.807, 2.05) is 39.8 Å². The molecule has 2 aliphatic rings. The minimum atomic E-state index is -4.40. The van der Waals surface area contributed by atoms with Crippen LogP contribution in [0.25, 0.3) is 5.70 Å². The number of rotatable bonds is 7. The highest BCUT2D eigenvalue weighted by atomic mass is 19.4. The van der Waals surface area contributed by atoms with Crippen molar-refractivity contribution in [2.45, 2.75) is 65.2 Å². The van der Waals surface area contributed by atoms with Crippen molar-refractivity contribution in [2.75, 3.05) is 6.61 Å². The van der Waals surface area contributed by atoms with Crippen LogP contribution in [-0.2, 0) is 15.7 Å². The Labute approximate surface area is 198 Å². The van der Waals surface area contributed by atoms with Crippen molar-refractivity contribution in [3.8, 4) is 0 Å². The molecule has 1 aromatic rings. The summed E-state index contributed by atoms with van der Waals surface area (Å²) in [6.45, 7) is 7.37. The first-order chi connectivity index (χ1) is 15.9. The Balaban J connectivity index is 1.81. The van der Waals surface area contributed by atoms with Crippen molar-refractivity contribution in [2.24, 2.45) is 11.8 Å². The van der Waals surface area contributed by atoms with Crippen molar-refractivity contribution in [1.82, 2.24) is 10.6 Å². The molecule has 0 spiro atoms. The minimum absolute atomic E-state index is 0.00843. The number of alkyl halides is 3. The summed E-state index contributed by atoms with van der Waals surface area (Å²) >= 11 is 0. The lowest BCUT2D eigenvalue weighted by Gasteiger charge is -2.32. The third kappa shape index (κ3) is 6.65. The lowest BCUT2D eigenvalue weighted by atomic mass is 9.94. The topological polar surface area (TPSA) is 70.6 Å². The van der Waals surface area contributed by atoms with Crippen LogP contribution in [0.2, 0.25) is 0 Å². The molecule has 3 N–H and O–H groups in total. The van der Waals surface area contributed by atoms with E-state index in [2.05, 4.69) is 10.6 Å². The molecule has 2 atom stereocenters. The van der Waals surface area contributed by atoms with Gasteiger partial charge in [0, 0.05) is 18.2 Å². The van der Waals surface area contributed by atoms with E-state index in [1.54, 1.807) is 0 Å². The molecule has 34 heavy (non-hydrogen) atoms. The molecule has 0 saturated heterocycles. The van der Waals surface area contributed by atoms with E-state index in [4.69, 9.17) is 4.74 Å². The molecule has 0 amide bonds.